The largest absolute Gasteiger partial charge is 0.317 e. The molecule has 0 amide bonds. The molecule has 0 saturated heterocycles. The van der Waals surface area contributed by atoms with E-state index in [4.69, 9.17) is 0 Å². The van der Waals surface area contributed by atoms with Crippen molar-refractivity contribution in [3.05, 3.63) is 0 Å². The molecule has 0 aromatic rings. The molecule has 0 aliphatic heterocycles. The van der Waals surface area contributed by atoms with Crippen molar-refractivity contribution < 1.29 is 0 Å². The molecular formula is C11H25N. The first-order valence-electron chi connectivity index (χ1n) is 5.43. The van der Waals surface area contributed by atoms with Crippen molar-refractivity contribution in [1.29, 1.82) is 0 Å². The summed E-state index contributed by atoms with van der Waals surface area (Å²) in [5, 5.41) is 3.39. The molecular weight excluding hydrogens is 146 g/mol. The van der Waals surface area contributed by atoms with Crippen molar-refractivity contribution in [1.82, 2.24) is 5.32 Å². The first-order valence-corrected chi connectivity index (χ1v) is 5.43. The summed E-state index contributed by atoms with van der Waals surface area (Å²) < 4.78 is 0. The van der Waals surface area contributed by atoms with Crippen molar-refractivity contribution in [2.24, 2.45) is 11.8 Å². The Balaban J connectivity index is 3.49. The van der Waals surface area contributed by atoms with Crippen LogP contribution < -0.4 is 5.32 Å². The standard InChI is InChI=1S/C11H25N/c1-5-7-11(10(3)4)8-9-12-6-2/h10-12H,5-9H2,1-4H3. The van der Waals surface area contributed by atoms with E-state index in [0.29, 0.717) is 0 Å². The monoisotopic (exact) mass is 171 g/mol. The van der Waals surface area contributed by atoms with Gasteiger partial charge >= 0.3 is 0 Å². The Kier molecular flexibility index (Phi) is 7.58. The van der Waals surface area contributed by atoms with E-state index in [1.807, 2.05) is 0 Å². The van der Waals surface area contributed by atoms with E-state index in [1.54, 1.807) is 0 Å². The molecule has 0 rings (SSSR count). The molecule has 1 unspecified atom stereocenters. The van der Waals surface area contributed by atoms with Crippen LogP contribution in [0.15, 0.2) is 0 Å². The van der Waals surface area contributed by atoms with Crippen LogP contribution in [0.3, 0.4) is 0 Å². The van der Waals surface area contributed by atoms with Crippen molar-refractivity contribution in [3.8, 4) is 0 Å². The number of rotatable bonds is 7. The fourth-order valence-electron chi connectivity index (χ4n) is 1.65. The highest BCUT2D eigenvalue weighted by atomic mass is 14.8. The highest BCUT2D eigenvalue weighted by Crippen LogP contribution is 2.19. The Bertz CT molecular complexity index is 89.0. The van der Waals surface area contributed by atoms with Gasteiger partial charge in [0.05, 0.1) is 0 Å². The molecule has 0 aliphatic carbocycles. The summed E-state index contributed by atoms with van der Waals surface area (Å²) in [7, 11) is 0. The molecule has 0 aromatic carbocycles. The van der Waals surface area contributed by atoms with E-state index in [1.165, 1.54) is 25.8 Å². The molecule has 0 heterocycles. The molecule has 0 aliphatic rings. The van der Waals surface area contributed by atoms with Gasteiger partial charge in [-0.15, -0.1) is 0 Å². The summed E-state index contributed by atoms with van der Waals surface area (Å²) in [5.41, 5.74) is 0. The van der Waals surface area contributed by atoms with Gasteiger partial charge in [-0.2, -0.15) is 0 Å². The van der Waals surface area contributed by atoms with Gasteiger partial charge in [-0.1, -0.05) is 40.5 Å². The summed E-state index contributed by atoms with van der Waals surface area (Å²) in [6.45, 7) is 11.4. The molecule has 74 valence electrons. The Morgan fingerprint density at radius 2 is 1.75 bits per heavy atom. The molecule has 0 bridgehead atoms. The molecule has 0 spiro atoms. The Morgan fingerprint density at radius 3 is 2.17 bits per heavy atom. The average Bonchev–Trinajstić information content (AvgIpc) is 2.03. The number of hydrogen-bond donors (Lipinski definition) is 1. The zero-order valence-corrected chi connectivity index (χ0v) is 9.19. The highest BCUT2D eigenvalue weighted by molar-refractivity contribution is 4.63. The van der Waals surface area contributed by atoms with Gasteiger partial charge in [0, 0.05) is 0 Å². The lowest BCUT2D eigenvalue weighted by Crippen LogP contribution is -2.20. The Labute approximate surface area is 77.9 Å². The van der Waals surface area contributed by atoms with E-state index in [9.17, 15) is 0 Å². The van der Waals surface area contributed by atoms with Crippen LogP contribution in [0.25, 0.3) is 0 Å². The normalized spacial score (nSPS) is 13.8. The van der Waals surface area contributed by atoms with Crippen molar-refractivity contribution in [2.75, 3.05) is 13.1 Å². The van der Waals surface area contributed by atoms with Crippen LogP contribution in [0, 0.1) is 11.8 Å². The SMILES string of the molecule is CCCC(CCNCC)C(C)C. The topological polar surface area (TPSA) is 12.0 Å². The molecule has 1 N–H and O–H groups in total. The lowest BCUT2D eigenvalue weighted by Gasteiger charge is -2.19. The van der Waals surface area contributed by atoms with Gasteiger partial charge in [0.1, 0.15) is 0 Å². The predicted molar refractivity (Wildman–Crippen MR) is 56.4 cm³/mol. The maximum atomic E-state index is 3.39. The number of nitrogens with one attached hydrogen (secondary N) is 1. The minimum atomic E-state index is 0.851. The van der Waals surface area contributed by atoms with Crippen molar-refractivity contribution >= 4 is 0 Å². The molecule has 1 atom stereocenters. The van der Waals surface area contributed by atoms with Crippen LogP contribution >= 0.6 is 0 Å². The van der Waals surface area contributed by atoms with E-state index in [0.717, 1.165) is 18.4 Å². The summed E-state index contributed by atoms with van der Waals surface area (Å²) >= 11 is 0. The second kappa shape index (κ2) is 7.60. The van der Waals surface area contributed by atoms with E-state index in [-0.39, 0.29) is 0 Å². The maximum absolute atomic E-state index is 3.39. The fraction of sp³-hybridized carbons (Fsp3) is 1.00. The maximum Gasteiger partial charge on any atom is -0.00463 e. The van der Waals surface area contributed by atoms with Gasteiger partial charge in [-0.3, -0.25) is 0 Å². The first-order chi connectivity index (χ1) is 5.72. The van der Waals surface area contributed by atoms with E-state index < -0.39 is 0 Å². The molecule has 0 aromatic heterocycles. The second-order valence-electron chi connectivity index (χ2n) is 3.94. The summed E-state index contributed by atoms with van der Waals surface area (Å²) in [4.78, 5) is 0. The number of hydrogen-bond acceptors (Lipinski definition) is 1. The van der Waals surface area contributed by atoms with Gasteiger partial charge in [-0.25, -0.2) is 0 Å². The average molecular weight is 171 g/mol. The van der Waals surface area contributed by atoms with Crippen LogP contribution in [-0.4, -0.2) is 13.1 Å². The van der Waals surface area contributed by atoms with Crippen molar-refractivity contribution in [3.63, 3.8) is 0 Å². The predicted octanol–water partition coefficient (Wildman–Crippen LogP) is 3.06. The van der Waals surface area contributed by atoms with E-state index >= 15 is 0 Å². The Hall–Kier alpha value is -0.0400. The van der Waals surface area contributed by atoms with Gasteiger partial charge in [0.2, 0.25) is 0 Å². The van der Waals surface area contributed by atoms with Crippen LogP contribution in [-0.2, 0) is 0 Å². The van der Waals surface area contributed by atoms with Gasteiger partial charge in [0.15, 0.2) is 0 Å². The zero-order chi connectivity index (χ0) is 9.40. The third kappa shape index (κ3) is 5.59. The van der Waals surface area contributed by atoms with Gasteiger partial charge in [0.25, 0.3) is 0 Å². The summed E-state index contributed by atoms with van der Waals surface area (Å²) in [6.07, 6.45) is 4.07. The highest BCUT2D eigenvalue weighted by Gasteiger charge is 2.10. The fourth-order valence-corrected chi connectivity index (χ4v) is 1.65. The van der Waals surface area contributed by atoms with Crippen LogP contribution in [0.5, 0.6) is 0 Å². The van der Waals surface area contributed by atoms with Gasteiger partial charge in [-0.05, 0) is 31.3 Å². The smallest absolute Gasteiger partial charge is 0.00463 e. The van der Waals surface area contributed by atoms with Crippen LogP contribution in [0.4, 0.5) is 0 Å². The van der Waals surface area contributed by atoms with Crippen LogP contribution in [0.2, 0.25) is 0 Å². The lowest BCUT2D eigenvalue weighted by atomic mass is 9.88. The third-order valence-corrected chi connectivity index (χ3v) is 2.54. The minimum Gasteiger partial charge on any atom is -0.317 e. The molecule has 1 heteroatoms. The zero-order valence-electron chi connectivity index (χ0n) is 9.19. The first kappa shape index (κ1) is 12.0. The summed E-state index contributed by atoms with van der Waals surface area (Å²) in [6, 6.07) is 0. The second-order valence-corrected chi connectivity index (χ2v) is 3.94. The van der Waals surface area contributed by atoms with Crippen LogP contribution in [0.1, 0.15) is 47.0 Å². The third-order valence-electron chi connectivity index (χ3n) is 2.54. The molecule has 0 fully saturated rings. The van der Waals surface area contributed by atoms with Gasteiger partial charge < -0.3 is 5.32 Å². The Morgan fingerprint density at radius 1 is 1.08 bits per heavy atom. The lowest BCUT2D eigenvalue weighted by molar-refractivity contribution is 0.329. The molecule has 1 nitrogen and oxygen atoms in total. The van der Waals surface area contributed by atoms with Crippen molar-refractivity contribution in [2.45, 2.75) is 47.0 Å². The summed E-state index contributed by atoms with van der Waals surface area (Å²) in [5.74, 6) is 1.78. The molecule has 0 saturated carbocycles. The molecule has 12 heavy (non-hydrogen) atoms. The molecule has 0 radical (unpaired) electrons. The minimum absolute atomic E-state index is 0.851. The quantitative estimate of drug-likeness (QED) is 0.580. The van der Waals surface area contributed by atoms with E-state index in [2.05, 4.69) is 33.0 Å².